The van der Waals surface area contributed by atoms with E-state index in [1.807, 2.05) is 19.9 Å². The molecule has 1 aliphatic heterocycles. The summed E-state index contributed by atoms with van der Waals surface area (Å²) < 4.78 is 5.28. The summed E-state index contributed by atoms with van der Waals surface area (Å²) in [5.74, 6) is 0.898. The fourth-order valence-corrected chi connectivity index (χ4v) is 2.64. The van der Waals surface area contributed by atoms with E-state index in [4.69, 9.17) is 4.74 Å². The molecule has 1 fully saturated rings. The van der Waals surface area contributed by atoms with Gasteiger partial charge in [-0.05, 0) is 51.7 Å². The van der Waals surface area contributed by atoms with Gasteiger partial charge in [-0.1, -0.05) is 0 Å². The fraction of sp³-hybridized carbons (Fsp3) is 0.625. The molecular formula is C16H25N3O2. The zero-order valence-electron chi connectivity index (χ0n) is 13.2. The number of aromatic nitrogens is 1. The number of carbonyl (C=O) groups is 1. The Labute approximate surface area is 126 Å². The van der Waals surface area contributed by atoms with Crippen molar-refractivity contribution in [1.82, 2.24) is 4.98 Å². The van der Waals surface area contributed by atoms with E-state index in [9.17, 15) is 4.79 Å². The number of carbonyl (C=O) groups excluding carboxylic acids is 1. The monoisotopic (exact) mass is 291 g/mol. The number of ether oxygens (including phenoxy) is 1. The predicted octanol–water partition coefficient (Wildman–Crippen LogP) is 2.74. The van der Waals surface area contributed by atoms with Gasteiger partial charge in [-0.15, -0.1) is 0 Å². The van der Waals surface area contributed by atoms with Crippen molar-refractivity contribution in [2.75, 3.05) is 29.9 Å². The first-order valence-corrected chi connectivity index (χ1v) is 7.76. The van der Waals surface area contributed by atoms with Crippen molar-refractivity contribution < 1.29 is 9.53 Å². The number of amides is 1. The first-order chi connectivity index (χ1) is 10.1. The second-order valence-corrected chi connectivity index (χ2v) is 5.50. The maximum absolute atomic E-state index is 11.9. The molecule has 0 saturated carbocycles. The minimum absolute atomic E-state index is 0.135. The van der Waals surface area contributed by atoms with Crippen LogP contribution in [0.4, 0.5) is 11.5 Å². The Hall–Kier alpha value is -1.62. The Morgan fingerprint density at radius 3 is 2.76 bits per heavy atom. The van der Waals surface area contributed by atoms with Gasteiger partial charge in [0.2, 0.25) is 0 Å². The van der Waals surface area contributed by atoms with E-state index < -0.39 is 6.10 Å². The fourth-order valence-electron chi connectivity index (χ4n) is 2.64. The number of hydrogen-bond donors (Lipinski definition) is 1. The van der Waals surface area contributed by atoms with Crippen molar-refractivity contribution in [3.05, 3.63) is 17.8 Å². The van der Waals surface area contributed by atoms with Gasteiger partial charge in [-0.2, -0.15) is 0 Å². The van der Waals surface area contributed by atoms with E-state index in [-0.39, 0.29) is 5.91 Å². The number of piperidine rings is 1. The Morgan fingerprint density at radius 2 is 2.14 bits per heavy atom. The molecule has 21 heavy (non-hydrogen) atoms. The molecule has 1 aromatic heterocycles. The van der Waals surface area contributed by atoms with Crippen LogP contribution in [0.5, 0.6) is 0 Å². The minimum Gasteiger partial charge on any atom is -0.369 e. The van der Waals surface area contributed by atoms with Crippen molar-refractivity contribution >= 4 is 17.4 Å². The van der Waals surface area contributed by atoms with Crippen LogP contribution in [-0.2, 0) is 9.53 Å². The summed E-state index contributed by atoms with van der Waals surface area (Å²) in [4.78, 5) is 18.8. The third-order valence-corrected chi connectivity index (χ3v) is 3.76. The highest BCUT2D eigenvalue weighted by atomic mass is 16.5. The molecule has 1 aliphatic rings. The topological polar surface area (TPSA) is 54.5 Å². The summed E-state index contributed by atoms with van der Waals surface area (Å²) in [5.41, 5.74) is 1.82. The maximum atomic E-state index is 11.9. The lowest BCUT2D eigenvalue weighted by Crippen LogP contribution is -2.31. The van der Waals surface area contributed by atoms with Crippen LogP contribution < -0.4 is 10.2 Å². The predicted molar refractivity (Wildman–Crippen MR) is 84.8 cm³/mol. The summed E-state index contributed by atoms with van der Waals surface area (Å²) in [5, 5.41) is 2.85. The van der Waals surface area contributed by atoms with Crippen LogP contribution in [0, 0.1) is 6.92 Å². The third-order valence-electron chi connectivity index (χ3n) is 3.76. The van der Waals surface area contributed by atoms with Gasteiger partial charge in [0.25, 0.3) is 5.91 Å². The summed E-state index contributed by atoms with van der Waals surface area (Å²) in [6.07, 6.45) is 5.04. The SMILES string of the molecule is CCO[C@@H](C)C(=O)Nc1cnc(N2CCCCC2)c(C)c1. The molecule has 0 unspecified atom stereocenters. The standard InChI is InChI=1S/C16H25N3O2/c1-4-21-13(3)16(20)18-14-10-12(2)15(17-11-14)19-8-6-5-7-9-19/h10-11,13H,4-9H2,1-3H3,(H,18,20)/t13-/m0/s1. The summed E-state index contributed by atoms with van der Waals surface area (Å²) >= 11 is 0. The normalized spacial score (nSPS) is 16.6. The van der Waals surface area contributed by atoms with Crippen LogP contribution >= 0.6 is 0 Å². The lowest BCUT2D eigenvalue weighted by Gasteiger charge is -2.29. The molecular weight excluding hydrogens is 266 g/mol. The van der Waals surface area contributed by atoms with Gasteiger partial charge in [-0.25, -0.2) is 4.98 Å². The molecule has 5 heteroatoms. The highest BCUT2D eigenvalue weighted by Gasteiger charge is 2.16. The van der Waals surface area contributed by atoms with Gasteiger partial charge in [0, 0.05) is 19.7 Å². The second-order valence-electron chi connectivity index (χ2n) is 5.50. The average Bonchev–Trinajstić information content (AvgIpc) is 2.48. The van der Waals surface area contributed by atoms with E-state index in [1.165, 1.54) is 19.3 Å². The molecule has 0 aromatic carbocycles. The Bertz CT molecular complexity index is 484. The zero-order valence-corrected chi connectivity index (χ0v) is 13.2. The molecule has 1 amide bonds. The number of pyridine rings is 1. The van der Waals surface area contributed by atoms with Crippen molar-refractivity contribution in [3.8, 4) is 0 Å². The van der Waals surface area contributed by atoms with Crippen LogP contribution in [0.1, 0.15) is 38.7 Å². The van der Waals surface area contributed by atoms with Gasteiger partial charge in [0.05, 0.1) is 11.9 Å². The van der Waals surface area contributed by atoms with Gasteiger partial charge in [0.1, 0.15) is 11.9 Å². The molecule has 1 aromatic rings. The number of nitrogens with one attached hydrogen (secondary N) is 1. The number of rotatable bonds is 5. The van der Waals surface area contributed by atoms with Crippen LogP contribution in [-0.4, -0.2) is 36.7 Å². The number of anilines is 2. The Morgan fingerprint density at radius 1 is 1.43 bits per heavy atom. The largest absolute Gasteiger partial charge is 0.369 e. The molecule has 2 heterocycles. The molecule has 0 bridgehead atoms. The molecule has 1 N–H and O–H groups in total. The van der Waals surface area contributed by atoms with E-state index in [2.05, 4.69) is 15.2 Å². The Kier molecular flexibility index (Phi) is 5.56. The van der Waals surface area contributed by atoms with E-state index in [0.717, 1.165) is 30.2 Å². The van der Waals surface area contributed by atoms with E-state index in [1.54, 1.807) is 13.1 Å². The zero-order chi connectivity index (χ0) is 15.2. The van der Waals surface area contributed by atoms with E-state index in [0.29, 0.717) is 6.61 Å². The van der Waals surface area contributed by atoms with Gasteiger partial charge < -0.3 is 15.0 Å². The van der Waals surface area contributed by atoms with Crippen LogP contribution in [0.15, 0.2) is 12.3 Å². The summed E-state index contributed by atoms with van der Waals surface area (Å²) in [6, 6.07) is 1.98. The number of hydrogen-bond acceptors (Lipinski definition) is 4. The van der Waals surface area contributed by atoms with Crippen LogP contribution in [0.3, 0.4) is 0 Å². The molecule has 5 nitrogen and oxygen atoms in total. The Balaban J connectivity index is 2.03. The van der Waals surface area contributed by atoms with Crippen molar-refractivity contribution in [1.29, 1.82) is 0 Å². The summed E-state index contributed by atoms with van der Waals surface area (Å²) in [7, 11) is 0. The molecule has 0 radical (unpaired) electrons. The van der Waals surface area contributed by atoms with Gasteiger partial charge >= 0.3 is 0 Å². The average molecular weight is 291 g/mol. The number of nitrogens with zero attached hydrogens (tertiary/aromatic N) is 2. The third kappa shape index (κ3) is 4.17. The van der Waals surface area contributed by atoms with Gasteiger partial charge in [-0.3, -0.25) is 4.79 Å². The smallest absolute Gasteiger partial charge is 0.253 e. The molecule has 116 valence electrons. The molecule has 2 rings (SSSR count). The highest BCUT2D eigenvalue weighted by Crippen LogP contribution is 2.23. The van der Waals surface area contributed by atoms with Crippen molar-refractivity contribution in [3.63, 3.8) is 0 Å². The van der Waals surface area contributed by atoms with Gasteiger partial charge in [0.15, 0.2) is 0 Å². The molecule has 1 saturated heterocycles. The first-order valence-electron chi connectivity index (χ1n) is 7.76. The maximum Gasteiger partial charge on any atom is 0.253 e. The molecule has 1 atom stereocenters. The lowest BCUT2D eigenvalue weighted by molar-refractivity contribution is -0.126. The highest BCUT2D eigenvalue weighted by molar-refractivity contribution is 5.93. The first kappa shape index (κ1) is 15.8. The second kappa shape index (κ2) is 7.41. The molecule has 0 spiro atoms. The van der Waals surface area contributed by atoms with Crippen molar-refractivity contribution in [2.24, 2.45) is 0 Å². The lowest BCUT2D eigenvalue weighted by atomic mass is 10.1. The van der Waals surface area contributed by atoms with Crippen LogP contribution in [0.2, 0.25) is 0 Å². The quantitative estimate of drug-likeness (QED) is 0.906. The van der Waals surface area contributed by atoms with Crippen LogP contribution in [0.25, 0.3) is 0 Å². The van der Waals surface area contributed by atoms with E-state index >= 15 is 0 Å². The molecule has 0 aliphatic carbocycles. The van der Waals surface area contributed by atoms with Crippen molar-refractivity contribution in [2.45, 2.75) is 46.1 Å². The minimum atomic E-state index is -0.447. The summed E-state index contributed by atoms with van der Waals surface area (Å²) in [6.45, 7) is 8.34. The number of aryl methyl sites for hydroxylation is 1.